The molecule has 5 heteroatoms. The molecular formula is C18H13NO3S. The molecule has 1 heterocycles. The first-order chi connectivity index (χ1) is 11.1. The summed E-state index contributed by atoms with van der Waals surface area (Å²) in [6, 6.07) is 16.5. The van der Waals surface area contributed by atoms with Crippen LogP contribution in [0.15, 0.2) is 66.0 Å². The summed E-state index contributed by atoms with van der Waals surface area (Å²) in [5.74, 6) is -0.511. The van der Waals surface area contributed by atoms with Gasteiger partial charge in [0, 0.05) is 17.3 Å². The number of anilines is 1. The highest BCUT2D eigenvalue weighted by molar-refractivity contribution is 7.12. The minimum Gasteiger partial charge on any atom is -0.508 e. The van der Waals surface area contributed by atoms with Crippen molar-refractivity contribution in [3.8, 4) is 5.75 Å². The van der Waals surface area contributed by atoms with Gasteiger partial charge in [-0.2, -0.15) is 0 Å². The van der Waals surface area contributed by atoms with Gasteiger partial charge in [-0.3, -0.25) is 9.59 Å². The lowest BCUT2D eigenvalue weighted by atomic mass is 10.0. The Morgan fingerprint density at radius 3 is 2.39 bits per heavy atom. The van der Waals surface area contributed by atoms with Gasteiger partial charge in [0.15, 0.2) is 0 Å². The quantitative estimate of drug-likeness (QED) is 0.715. The van der Waals surface area contributed by atoms with Crippen LogP contribution < -0.4 is 5.32 Å². The number of hydrogen-bond donors (Lipinski definition) is 2. The fourth-order valence-electron chi connectivity index (χ4n) is 2.20. The van der Waals surface area contributed by atoms with Crippen LogP contribution in [0.25, 0.3) is 0 Å². The predicted octanol–water partition coefficient (Wildman–Crippen LogP) is 3.94. The molecule has 3 aromatic rings. The van der Waals surface area contributed by atoms with Crippen molar-refractivity contribution in [3.05, 3.63) is 82.0 Å². The molecule has 4 nitrogen and oxygen atoms in total. The molecule has 0 aliphatic carbocycles. The zero-order valence-electron chi connectivity index (χ0n) is 12.0. The molecule has 0 radical (unpaired) electrons. The molecule has 0 unspecified atom stereocenters. The molecule has 0 spiro atoms. The number of benzene rings is 2. The average Bonchev–Trinajstić information content (AvgIpc) is 3.08. The van der Waals surface area contributed by atoms with Crippen LogP contribution in [0, 0.1) is 0 Å². The molecule has 114 valence electrons. The van der Waals surface area contributed by atoms with E-state index in [0.29, 0.717) is 21.7 Å². The fourth-order valence-corrected chi connectivity index (χ4v) is 2.88. The van der Waals surface area contributed by atoms with Gasteiger partial charge >= 0.3 is 0 Å². The predicted molar refractivity (Wildman–Crippen MR) is 90.3 cm³/mol. The first kappa shape index (κ1) is 15.0. The van der Waals surface area contributed by atoms with Crippen LogP contribution in [0.4, 0.5) is 5.69 Å². The highest BCUT2D eigenvalue weighted by Crippen LogP contribution is 2.21. The molecule has 0 fully saturated rings. The number of nitrogens with one attached hydrogen (secondary N) is 1. The Morgan fingerprint density at radius 1 is 0.913 bits per heavy atom. The number of hydrogen-bond acceptors (Lipinski definition) is 4. The maximum atomic E-state index is 12.5. The van der Waals surface area contributed by atoms with E-state index in [1.165, 1.54) is 23.5 Å². The summed E-state index contributed by atoms with van der Waals surface area (Å²) in [7, 11) is 0. The number of carbonyl (C=O) groups is 2. The van der Waals surface area contributed by atoms with Crippen LogP contribution in [-0.2, 0) is 0 Å². The van der Waals surface area contributed by atoms with Crippen molar-refractivity contribution < 1.29 is 14.7 Å². The fraction of sp³-hybridized carbons (Fsp3) is 0. The summed E-state index contributed by atoms with van der Waals surface area (Å²) in [5, 5.41) is 14.0. The number of carbonyl (C=O) groups excluding carboxylic acids is 2. The lowest BCUT2D eigenvalue weighted by Gasteiger charge is -2.09. The Balaban J connectivity index is 1.91. The Morgan fingerprint density at radius 2 is 1.70 bits per heavy atom. The number of phenols is 1. The van der Waals surface area contributed by atoms with Gasteiger partial charge in [0.1, 0.15) is 5.75 Å². The number of phenolic OH excluding ortho intramolecular Hbond substituents is 1. The number of thiophene rings is 1. The molecule has 0 atom stereocenters. The lowest BCUT2D eigenvalue weighted by Crippen LogP contribution is -2.16. The summed E-state index contributed by atoms with van der Waals surface area (Å²) in [4.78, 5) is 25.6. The Bertz CT molecular complexity index is 856. The summed E-state index contributed by atoms with van der Waals surface area (Å²) in [5.41, 5.74) is 1.12. The van der Waals surface area contributed by atoms with Crippen LogP contribution >= 0.6 is 11.3 Å². The zero-order chi connectivity index (χ0) is 16.2. The molecule has 1 aromatic heterocycles. The number of aromatic hydroxyl groups is 1. The molecule has 2 N–H and O–H groups in total. The summed E-state index contributed by atoms with van der Waals surface area (Å²) < 4.78 is 0. The maximum absolute atomic E-state index is 12.5. The first-order valence-electron chi connectivity index (χ1n) is 6.93. The summed E-state index contributed by atoms with van der Waals surface area (Å²) in [6.45, 7) is 0. The summed E-state index contributed by atoms with van der Waals surface area (Å²) in [6.07, 6.45) is 0. The van der Waals surface area contributed by atoms with Gasteiger partial charge in [-0.1, -0.05) is 30.3 Å². The minimum absolute atomic E-state index is 0.0609. The summed E-state index contributed by atoms with van der Waals surface area (Å²) >= 11 is 1.34. The Kier molecular flexibility index (Phi) is 4.21. The molecule has 2 aromatic carbocycles. The van der Waals surface area contributed by atoms with Gasteiger partial charge < -0.3 is 10.4 Å². The molecule has 0 saturated heterocycles. The highest BCUT2D eigenvalue weighted by Gasteiger charge is 2.18. The van der Waals surface area contributed by atoms with Gasteiger partial charge in [-0.05, 0) is 29.6 Å². The van der Waals surface area contributed by atoms with E-state index in [1.54, 1.807) is 48.5 Å². The van der Waals surface area contributed by atoms with Crippen molar-refractivity contribution >= 4 is 28.7 Å². The number of rotatable bonds is 4. The van der Waals surface area contributed by atoms with Gasteiger partial charge in [-0.25, -0.2) is 0 Å². The van der Waals surface area contributed by atoms with E-state index in [4.69, 9.17) is 0 Å². The van der Waals surface area contributed by atoms with E-state index >= 15 is 0 Å². The second-order valence-electron chi connectivity index (χ2n) is 4.86. The second-order valence-corrected chi connectivity index (χ2v) is 5.80. The number of ketones is 1. The maximum Gasteiger partial charge on any atom is 0.256 e. The van der Waals surface area contributed by atoms with Gasteiger partial charge in [0.25, 0.3) is 5.91 Å². The monoisotopic (exact) mass is 323 g/mol. The van der Waals surface area contributed by atoms with E-state index in [1.807, 2.05) is 5.38 Å². The largest absolute Gasteiger partial charge is 0.508 e. The van der Waals surface area contributed by atoms with Crippen LogP contribution in [0.1, 0.15) is 25.6 Å². The zero-order valence-corrected chi connectivity index (χ0v) is 12.8. The van der Waals surface area contributed by atoms with Crippen molar-refractivity contribution in [3.63, 3.8) is 0 Å². The van der Waals surface area contributed by atoms with Crippen LogP contribution in [0.5, 0.6) is 5.75 Å². The molecule has 0 saturated carbocycles. The van der Waals surface area contributed by atoms with E-state index in [9.17, 15) is 14.7 Å². The van der Waals surface area contributed by atoms with Crippen LogP contribution in [-0.4, -0.2) is 16.8 Å². The van der Waals surface area contributed by atoms with Crippen LogP contribution in [0.3, 0.4) is 0 Å². The topological polar surface area (TPSA) is 66.4 Å². The van der Waals surface area contributed by atoms with E-state index in [0.717, 1.165) is 0 Å². The second kappa shape index (κ2) is 6.46. The van der Waals surface area contributed by atoms with Gasteiger partial charge in [0.05, 0.1) is 10.4 Å². The lowest BCUT2D eigenvalue weighted by molar-refractivity contribution is 0.0998. The van der Waals surface area contributed by atoms with Crippen molar-refractivity contribution in [2.45, 2.75) is 0 Å². The van der Waals surface area contributed by atoms with E-state index in [2.05, 4.69) is 5.32 Å². The molecule has 0 bridgehead atoms. The molecule has 1 amide bonds. The molecule has 0 aliphatic rings. The molecular weight excluding hydrogens is 310 g/mol. The van der Waals surface area contributed by atoms with Crippen molar-refractivity contribution in [1.29, 1.82) is 0 Å². The van der Waals surface area contributed by atoms with E-state index < -0.39 is 5.91 Å². The standard InChI is InChI=1S/C18H13NO3S/c20-13-6-3-5-12(11-13)19-18(22)15-8-2-1-7-14(15)17(21)16-9-4-10-23-16/h1-11,20H,(H,19,22). The molecule has 23 heavy (non-hydrogen) atoms. The average molecular weight is 323 g/mol. The number of amides is 1. The van der Waals surface area contributed by atoms with Crippen molar-refractivity contribution in [2.75, 3.05) is 5.32 Å². The van der Waals surface area contributed by atoms with Gasteiger partial charge in [0.2, 0.25) is 5.78 Å². The molecule has 3 rings (SSSR count). The van der Waals surface area contributed by atoms with Gasteiger partial charge in [-0.15, -0.1) is 11.3 Å². The highest BCUT2D eigenvalue weighted by atomic mass is 32.1. The molecule has 0 aliphatic heterocycles. The van der Waals surface area contributed by atoms with Crippen LogP contribution in [0.2, 0.25) is 0 Å². The normalized spacial score (nSPS) is 10.3. The SMILES string of the molecule is O=C(Nc1cccc(O)c1)c1ccccc1C(=O)c1cccs1. The minimum atomic E-state index is -0.392. The van der Waals surface area contributed by atoms with E-state index in [-0.39, 0.29) is 11.5 Å². The third kappa shape index (κ3) is 3.30. The Hall–Kier alpha value is -2.92. The third-order valence-corrected chi connectivity index (χ3v) is 4.13. The first-order valence-corrected chi connectivity index (χ1v) is 7.81. The van der Waals surface area contributed by atoms with Crippen molar-refractivity contribution in [2.24, 2.45) is 0 Å². The Labute approximate surface area is 137 Å². The smallest absolute Gasteiger partial charge is 0.256 e. The van der Waals surface area contributed by atoms with Crippen molar-refractivity contribution in [1.82, 2.24) is 0 Å². The third-order valence-electron chi connectivity index (χ3n) is 3.27.